The van der Waals surface area contributed by atoms with Crippen LogP contribution in [0.1, 0.15) is 0 Å². The summed E-state index contributed by atoms with van der Waals surface area (Å²) in [6.07, 6.45) is -4.23. The molecule has 1 saturated heterocycles. The molecule has 0 amide bonds. The first-order chi connectivity index (χ1) is 5.05. The lowest BCUT2D eigenvalue weighted by atomic mass is 9.97. The second-order valence-electron chi connectivity index (χ2n) is 2.54. The quantitative estimate of drug-likeness (QED) is 0.577. The van der Waals surface area contributed by atoms with Crippen molar-refractivity contribution in [2.24, 2.45) is 11.8 Å². The van der Waals surface area contributed by atoms with Crippen molar-refractivity contribution in [1.82, 2.24) is 5.32 Å². The molecule has 1 fully saturated rings. The van der Waals surface area contributed by atoms with Crippen LogP contribution in [0.25, 0.3) is 0 Å². The molecular formula is C6H7F3N2. The number of hydrogen-bond acceptors (Lipinski definition) is 2. The summed E-state index contributed by atoms with van der Waals surface area (Å²) in [4.78, 5) is 0. The van der Waals surface area contributed by atoms with Gasteiger partial charge in [-0.1, -0.05) is 0 Å². The van der Waals surface area contributed by atoms with Crippen LogP contribution in [-0.2, 0) is 0 Å². The highest BCUT2D eigenvalue weighted by molar-refractivity contribution is 4.97. The third-order valence-corrected chi connectivity index (χ3v) is 1.80. The molecule has 11 heavy (non-hydrogen) atoms. The number of rotatable bonds is 0. The predicted molar refractivity (Wildman–Crippen MR) is 31.5 cm³/mol. The smallest absolute Gasteiger partial charge is 0.315 e. The second kappa shape index (κ2) is 2.70. The van der Waals surface area contributed by atoms with E-state index in [0.717, 1.165) is 0 Å². The van der Waals surface area contributed by atoms with E-state index in [-0.39, 0.29) is 13.1 Å². The van der Waals surface area contributed by atoms with Crippen molar-refractivity contribution in [2.75, 3.05) is 13.1 Å². The molecule has 1 heterocycles. The van der Waals surface area contributed by atoms with Gasteiger partial charge in [-0.05, 0) is 0 Å². The van der Waals surface area contributed by atoms with E-state index in [4.69, 9.17) is 5.26 Å². The maximum atomic E-state index is 12.0. The second-order valence-corrected chi connectivity index (χ2v) is 2.54. The van der Waals surface area contributed by atoms with Gasteiger partial charge in [-0.3, -0.25) is 0 Å². The summed E-state index contributed by atoms with van der Waals surface area (Å²) in [5.74, 6) is -2.39. The number of halogens is 3. The highest BCUT2D eigenvalue weighted by Gasteiger charge is 2.47. The van der Waals surface area contributed by atoms with Gasteiger partial charge in [0.05, 0.1) is 17.9 Å². The molecule has 1 aliphatic rings. The van der Waals surface area contributed by atoms with Crippen LogP contribution in [0.5, 0.6) is 0 Å². The summed E-state index contributed by atoms with van der Waals surface area (Å²) in [7, 11) is 0. The normalized spacial score (nSPS) is 31.8. The van der Waals surface area contributed by atoms with Crippen LogP contribution in [0.4, 0.5) is 13.2 Å². The van der Waals surface area contributed by atoms with Gasteiger partial charge in [0.1, 0.15) is 0 Å². The monoisotopic (exact) mass is 164 g/mol. The molecule has 1 aliphatic heterocycles. The summed E-state index contributed by atoms with van der Waals surface area (Å²) in [6, 6.07) is 1.64. The lowest BCUT2D eigenvalue weighted by Crippen LogP contribution is -2.29. The molecule has 0 aromatic heterocycles. The zero-order valence-corrected chi connectivity index (χ0v) is 5.65. The molecular weight excluding hydrogens is 157 g/mol. The van der Waals surface area contributed by atoms with E-state index in [2.05, 4.69) is 5.32 Å². The third-order valence-electron chi connectivity index (χ3n) is 1.80. The molecule has 0 aromatic rings. The van der Waals surface area contributed by atoms with Crippen LogP contribution in [0.3, 0.4) is 0 Å². The van der Waals surface area contributed by atoms with Gasteiger partial charge in [0.25, 0.3) is 0 Å². The van der Waals surface area contributed by atoms with Crippen LogP contribution >= 0.6 is 0 Å². The van der Waals surface area contributed by atoms with Crippen LogP contribution < -0.4 is 5.32 Å². The average Bonchev–Trinajstić information content (AvgIpc) is 2.31. The van der Waals surface area contributed by atoms with E-state index < -0.39 is 18.0 Å². The SMILES string of the molecule is N#CC1CNCC1C(F)(F)F. The number of nitrogens with zero attached hydrogens (tertiary/aromatic N) is 1. The number of hydrogen-bond donors (Lipinski definition) is 1. The summed E-state index contributed by atoms with van der Waals surface area (Å²) in [5, 5.41) is 10.8. The Bertz CT molecular complexity index is 181. The maximum absolute atomic E-state index is 12.0. The molecule has 2 atom stereocenters. The molecule has 5 heteroatoms. The fourth-order valence-electron chi connectivity index (χ4n) is 1.16. The number of nitrogens with one attached hydrogen (secondary N) is 1. The Morgan fingerprint density at radius 3 is 2.36 bits per heavy atom. The zero-order valence-electron chi connectivity index (χ0n) is 5.65. The largest absolute Gasteiger partial charge is 0.394 e. The van der Waals surface area contributed by atoms with E-state index in [9.17, 15) is 13.2 Å². The lowest BCUT2D eigenvalue weighted by Gasteiger charge is -2.15. The Morgan fingerprint density at radius 1 is 1.36 bits per heavy atom. The topological polar surface area (TPSA) is 35.8 Å². The van der Waals surface area contributed by atoms with Gasteiger partial charge in [-0.25, -0.2) is 0 Å². The van der Waals surface area contributed by atoms with Crippen molar-refractivity contribution in [3.63, 3.8) is 0 Å². The van der Waals surface area contributed by atoms with Gasteiger partial charge in [-0.2, -0.15) is 18.4 Å². The van der Waals surface area contributed by atoms with E-state index in [0.29, 0.717) is 0 Å². The minimum absolute atomic E-state index is 0.123. The molecule has 2 unspecified atom stereocenters. The van der Waals surface area contributed by atoms with Gasteiger partial charge < -0.3 is 5.32 Å². The van der Waals surface area contributed by atoms with Crippen LogP contribution in [-0.4, -0.2) is 19.3 Å². The molecule has 0 saturated carbocycles. The standard InChI is InChI=1S/C6H7F3N2/c7-6(8,9)5-3-11-2-4(5)1-10/h4-5,11H,2-3H2. The molecule has 1 N–H and O–H groups in total. The van der Waals surface area contributed by atoms with Crippen LogP contribution in [0.2, 0.25) is 0 Å². The zero-order chi connectivity index (χ0) is 8.48. The fourth-order valence-corrected chi connectivity index (χ4v) is 1.16. The van der Waals surface area contributed by atoms with Gasteiger partial charge in [-0.15, -0.1) is 0 Å². The predicted octanol–water partition coefficient (Wildman–Crippen LogP) is 0.908. The summed E-state index contributed by atoms with van der Waals surface area (Å²) < 4.78 is 36.0. The molecule has 1 rings (SSSR count). The van der Waals surface area contributed by atoms with Crippen molar-refractivity contribution in [2.45, 2.75) is 6.18 Å². The summed E-state index contributed by atoms with van der Waals surface area (Å²) in [5.41, 5.74) is 0. The third kappa shape index (κ3) is 1.63. The van der Waals surface area contributed by atoms with Gasteiger partial charge in [0, 0.05) is 13.1 Å². The van der Waals surface area contributed by atoms with Crippen LogP contribution in [0, 0.1) is 23.2 Å². The Kier molecular flexibility index (Phi) is 2.05. The summed E-state index contributed by atoms with van der Waals surface area (Å²) in [6.45, 7) is 0.0302. The van der Waals surface area contributed by atoms with Crippen molar-refractivity contribution in [1.29, 1.82) is 5.26 Å². The van der Waals surface area contributed by atoms with Crippen molar-refractivity contribution in [3.05, 3.63) is 0 Å². The first-order valence-electron chi connectivity index (χ1n) is 3.22. The maximum Gasteiger partial charge on any atom is 0.394 e. The number of nitriles is 1. The highest BCUT2D eigenvalue weighted by atomic mass is 19.4. The molecule has 0 radical (unpaired) electrons. The van der Waals surface area contributed by atoms with E-state index >= 15 is 0 Å². The van der Waals surface area contributed by atoms with Gasteiger partial charge >= 0.3 is 6.18 Å². The van der Waals surface area contributed by atoms with Crippen molar-refractivity contribution < 1.29 is 13.2 Å². The molecule has 62 valence electrons. The molecule has 2 nitrogen and oxygen atoms in total. The summed E-state index contributed by atoms with van der Waals surface area (Å²) >= 11 is 0. The van der Waals surface area contributed by atoms with E-state index in [1.807, 2.05) is 0 Å². The highest BCUT2D eigenvalue weighted by Crippen LogP contribution is 2.33. The average molecular weight is 164 g/mol. The molecule has 0 aromatic carbocycles. The first-order valence-corrected chi connectivity index (χ1v) is 3.22. The fraction of sp³-hybridized carbons (Fsp3) is 0.833. The molecule has 0 aliphatic carbocycles. The van der Waals surface area contributed by atoms with Gasteiger partial charge in [0.2, 0.25) is 0 Å². The Morgan fingerprint density at radius 2 is 2.00 bits per heavy atom. The van der Waals surface area contributed by atoms with Crippen molar-refractivity contribution >= 4 is 0 Å². The molecule has 0 spiro atoms. The van der Waals surface area contributed by atoms with E-state index in [1.54, 1.807) is 6.07 Å². The lowest BCUT2D eigenvalue weighted by molar-refractivity contribution is -0.174. The first kappa shape index (κ1) is 8.34. The minimum atomic E-state index is -4.23. The van der Waals surface area contributed by atoms with Crippen molar-refractivity contribution in [3.8, 4) is 6.07 Å². The minimum Gasteiger partial charge on any atom is -0.315 e. The van der Waals surface area contributed by atoms with Crippen LogP contribution in [0.15, 0.2) is 0 Å². The number of alkyl halides is 3. The molecule has 0 bridgehead atoms. The Balaban J connectivity index is 2.66. The van der Waals surface area contributed by atoms with E-state index in [1.165, 1.54) is 0 Å². The van der Waals surface area contributed by atoms with Gasteiger partial charge in [0.15, 0.2) is 0 Å². The Labute approximate surface area is 62.0 Å². The Hall–Kier alpha value is -0.760.